The number of hydrogen-bond acceptors (Lipinski definition) is 7. The minimum Gasteiger partial charge on any atom is -0.490 e. The molecule has 4 rings (SSSR count). The topological polar surface area (TPSA) is 140 Å². The van der Waals surface area contributed by atoms with Crippen molar-refractivity contribution in [3.63, 3.8) is 0 Å². The molecule has 0 radical (unpaired) electrons. The molecule has 0 aliphatic carbocycles. The molecule has 1 aliphatic rings. The maximum absolute atomic E-state index is 13.1. The number of urea groups is 1. The van der Waals surface area contributed by atoms with Gasteiger partial charge in [0.2, 0.25) is 5.91 Å². The molecule has 0 atom stereocenters. The van der Waals surface area contributed by atoms with Gasteiger partial charge in [0.15, 0.2) is 11.5 Å². The van der Waals surface area contributed by atoms with Crippen LogP contribution in [0.25, 0.3) is 6.08 Å². The number of ether oxygens (including phenoxy) is 2. The van der Waals surface area contributed by atoms with Crippen LogP contribution in [0.5, 0.6) is 11.5 Å². The first kappa shape index (κ1) is 29.5. The van der Waals surface area contributed by atoms with Crippen molar-refractivity contribution in [3.05, 3.63) is 111 Å². The molecule has 1 saturated heterocycles. The van der Waals surface area contributed by atoms with Crippen LogP contribution in [0.4, 0.5) is 16.2 Å². The van der Waals surface area contributed by atoms with Crippen molar-refractivity contribution in [2.75, 3.05) is 18.5 Å². The van der Waals surface area contributed by atoms with E-state index in [9.17, 15) is 24.5 Å². The maximum Gasteiger partial charge on any atom is 0.329 e. The molecular formula is C31H30N4O7. The summed E-state index contributed by atoms with van der Waals surface area (Å²) in [5.41, 5.74) is 3.32. The Balaban J connectivity index is 1.55. The fourth-order valence-corrected chi connectivity index (χ4v) is 4.36. The van der Waals surface area contributed by atoms with Crippen LogP contribution in [0.3, 0.4) is 0 Å². The van der Waals surface area contributed by atoms with Gasteiger partial charge in [0.05, 0.1) is 11.5 Å². The number of anilines is 1. The summed E-state index contributed by atoms with van der Waals surface area (Å²) in [5, 5.41) is 16.4. The van der Waals surface area contributed by atoms with Crippen molar-refractivity contribution >= 4 is 35.3 Å². The molecule has 0 unspecified atom stereocenters. The van der Waals surface area contributed by atoms with E-state index in [1.54, 1.807) is 48.5 Å². The Labute approximate surface area is 242 Å². The summed E-state index contributed by atoms with van der Waals surface area (Å²) in [6.07, 6.45) is 3.57. The molecular weight excluding hydrogens is 540 g/mol. The Morgan fingerprint density at radius 2 is 1.90 bits per heavy atom. The van der Waals surface area contributed by atoms with E-state index >= 15 is 0 Å². The fourth-order valence-electron chi connectivity index (χ4n) is 4.36. The molecule has 0 bridgehead atoms. The first-order chi connectivity index (χ1) is 20.2. The van der Waals surface area contributed by atoms with Crippen LogP contribution >= 0.6 is 0 Å². The molecule has 11 heteroatoms. The normalized spacial score (nSPS) is 13.6. The summed E-state index contributed by atoms with van der Waals surface area (Å²) in [7, 11) is 0. The van der Waals surface area contributed by atoms with Crippen molar-refractivity contribution in [2.24, 2.45) is 0 Å². The second kappa shape index (κ2) is 13.3. The predicted molar refractivity (Wildman–Crippen MR) is 157 cm³/mol. The standard InChI is InChI=1S/C31H30N4O7/c1-4-8-23-14-22(17-27(41-5-2)29(23)42-19-21-10-7-12-25(15-21)35(39)40)16-26-30(37)34(31(38)33-26)18-28(36)32-24-11-6-9-20(3)13-24/h4,6-7,9-17H,1,5,8,18-19H2,2-3H3,(H,32,36)(H,33,38). The van der Waals surface area contributed by atoms with Crippen molar-refractivity contribution in [3.8, 4) is 11.5 Å². The number of nitro benzene ring substituents is 1. The van der Waals surface area contributed by atoms with Crippen LogP contribution in [0, 0.1) is 17.0 Å². The minimum atomic E-state index is -0.709. The molecule has 11 nitrogen and oxygen atoms in total. The lowest BCUT2D eigenvalue weighted by Gasteiger charge is -2.17. The van der Waals surface area contributed by atoms with E-state index in [4.69, 9.17) is 9.47 Å². The summed E-state index contributed by atoms with van der Waals surface area (Å²) in [6, 6.07) is 16.1. The SMILES string of the molecule is C=CCc1cc(C=C2NC(=O)N(CC(=O)Nc3cccc(C)c3)C2=O)cc(OCC)c1OCc1cccc([N+](=O)[O-])c1. The monoisotopic (exact) mass is 570 g/mol. The molecule has 216 valence electrons. The number of carbonyl (C=O) groups excluding carboxylic acids is 3. The highest BCUT2D eigenvalue weighted by molar-refractivity contribution is 6.16. The van der Waals surface area contributed by atoms with Crippen molar-refractivity contribution in [1.82, 2.24) is 10.2 Å². The van der Waals surface area contributed by atoms with E-state index in [2.05, 4.69) is 17.2 Å². The second-order valence-electron chi connectivity index (χ2n) is 9.45. The Hall–Kier alpha value is -5.45. The summed E-state index contributed by atoms with van der Waals surface area (Å²) >= 11 is 0. The van der Waals surface area contributed by atoms with Gasteiger partial charge in [0, 0.05) is 23.4 Å². The zero-order valence-electron chi connectivity index (χ0n) is 23.2. The molecule has 4 amide bonds. The number of allylic oxidation sites excluding steroid dienone is 1. The van der Waals surface area contributed by atoms with E-state index < -0.39 is 29.3 Å². The van der Waals surface area contributed by atoms with Crippen LogP contribution < -0.4 is 20.1 Å². The number of non-ortho nitro benzene ring substituents is 1. The lowest BCUT2D eigenvalue weighted by Crippen LogP contribution is -2.38. The average Bonchev–Trinajstić information content (AvgIpc) is 3.20. The van der Waals surface area contributed by atoms with Gasteiger partial charge >= 0.3 is 6.03 Å². The molecule has 1 fully saturated rings. The maximum atomic E-state index is 13.1. The lowest BCUT2D eigenvalue weighted by molar-refractivity contribution is -0.384. The van der Waals surface area contributed by atoms with Crippen LogP contribution in [0.1, 0.15) is 29.2 Å². The molecule has 0 spiro atoms. The van der Waals surface area contributed by atoms with Gasteiger partial charge in [-0.3, -0.25) is 19.7 Å². The Morgan fingerprint density at radius 3 is 2.62 bits per heavy atom. The van der Waals surface area contributed by atoms with E-state index in [0.717, 1.165) is 10.5 Å². The highest BCUT2D eigenvalue weighted by Crippen LogP contribution is 2.35. The number of nitrogens with zero attached hydrogens (tertiary/aromatic N) is 2. The predicted octanol–water partition coefficient (Wildman–Crippen LogP) is 5.14. The summed E-state index contributed by atoms with van der Waals surface area (Å²) in [5.74, 6) is -0.335. The van der Waals surface area contributed by atoms with E-state index in [1.165, 1.54) is 18.2 Å². The number of aryl methyl sites for hydroxylation is 1. The lowest BCUT2D eigenvalue weighted by atomic mass is 10.0. The van der Waals surface area contributed by atoms with Gasteiger partial charge in [-0.2, -0.15) is 0 Å². The molecule has 1 aliphatic heterocycles. The molecule has 0 saturated carbocycles. The Kier molecular flexibility index (Phi) is 9.33. The van der Waals surface area contributed by atoms with Crippen LogP contribution in [-0.4, -0.2) is 40.8 Å². The molecule has 0 aromatic heterocycles. The van der Waals surface area contributed by atoms with Crippen LogP contribution in [0.15, 0.2) is 79.0 Å². The molecule has 2 N–H and O–H groups in total. The third-order valence-corrected chi connectivity index (χ3v) is 6.20. The average molecular weight is 571 g/mol. The summed E-state index contributed by atoms with van der Waals surface area (Å²) in [6.45, 7) is 7.43. The number of benzene rings is 3. The zero-order valence-corrected chi connectivity index (χ0v) is 23.2. The van der Waals surface area contributed by atoms with Crippen molar-refractivity contribution in [1.29, 1.82) is 0 Å². The second-order valence-corrected chi connectivity index (χ2v) is 9.45. The number of amides is 4. The molecule has 1 heterocycles. The third-order valence-electron chi connectivity index (χ3n) is 6.20. The number of imide groups is 1. The number of rotatable bonds is 12. The molecule has 3 aromatic rings. The Bertz CT molecular complexity index is 1580. The first-order valence-corrected chi connectivity index (χ1v) is 13.2. The van der Waals surface area contributed by atoms with E-state index in [1.807, 2.05) is 19.9 Å². The number of nitrogens with one attached hydrogen (secondary N) is 2. The highest BCUT2D eigenvalue weighted by Gasteiger charge is 2.35. The van der Waals surface area contributed by atoms with Gasteiger partial charge in [-0.15, -0.1) is 6.58 Å². The van der Waals surface area contributed by atoms with Gasteiger partial charge in [-0.1, -0.05) is 30.3 Å². The van der Waals surface area contributed by atoms with Crippen molar-refractivity contribution in [2.45, 2.75) is 26.9 Å². The van der Waals surface area contributed by atoms with Gasteiger partial charge in [-0.05, 0) is 67.3 Å². The number of carbonyl (C=O) groups is 3. The van der Waals surface area contributed by atoms with Gasteiger partial charge in [0.25, 0.3) is 11.6 Å². The first-order valence-electron chi connectivity index (χ1n) is 13.2. The van der Waals surface area contributed by atoms with Gasteiger partial charge in [-0.25, -0.2) is 9.69 Å². The largest absolute Gasteiger partial charge is 0.490 e. The quantitative estimate of drug-likeness (QED) is 0.101. The highest BCUT2D eigenvalue weighted by atomic mass is 16.6. The summed E-state index contributed by atoms with van der Waals surface area (Å²) < 4.78 is 11.9. The van der Waals surface area contributed by atoms with E-state index in [0.29, 0.717) is 46.9 Å². The molecule has 3 aromatic carbocycles. The van der Waals surface area contributed by atoms with Gasteiger partial charge < -0.3 is 20.1 Å². The van der Waals surface area contributed by atoms with Crippen LogP contribution in [0.2, 0.25) is 0 Å². The van der Waals surface area contributed by atoms with Crippen molar-refractivity contribution < 1.29 is 28.8 Å². The number of hydrogen-bond donors (Lipinski definition) is 2. The van der Waals surface area contributed by atoms with Gasteiger partial charge in [0.1, 0.15) is 18.8 Å². The van der Waals surface area contributed by atoms with Crippen LogP contribution in [-0.2, 0) is 22.6 Å². The smallest absolute Gasteiger partial charge is 0.329 e. The fraction of sp³-hybridized carbons (Fsp3) is 0.194. The zero-order chi connectivity index (χ0) is 30.2. The minimum absolute atomic E-state index is 0.000575. The summed E-state index contributed by atoms with van der Waals surface area (Å²) in [4.78, 5) is 49.7. The Morgan fingerprint density at radius 1 is 1.12 bits per heavy atom. The van der Waals surface area contributed by atoms with E-state index in [-0.39, 0.29) is 18.0 Å². The number of nitro groups is 1. The third kappa shape index (κ3) is 7.19. The molecule has 42 heavy (non-hydrogen) atoms.